The van der Waals surface area contributed by atoms with Gasteiger partial charge in [-0.15, -0.1) is 0 Å². The number of aliphatic hydroxyl groups is 1. The first-order valence-electron chi connectivity index (χ1n) is 7.01. The Hall–Kier alpha value is -0.0800. The van der Waals surface area contributed by atoms with Crippen LogP contribution in [0.4, 0.5) is 0 Å². The van der Waals surface area contributed by atoms with Crippen LogP contribution in [-0.4, -0.2) is 23.3 Å². The maximum atomic E-state index is 10.4. The van der Waals surface area contributed by atoms with Crippen LogP contribution in [0.25, 0.3) is 0 Å². The van der Waals surface area contributed by atoms with Crippen molar-refractivity contribution in [3.8, 4) is 0 Å². The SMILES string of the molecule is CCNC1CCC(O)(CCCC(C)C)CC1. The van der Waals surface area contributed by atoms with Gasteiger partial charge in [0, 0.05) is 6.04 Å². The zero-order chi connectivity index (χ0) is 12.0. The third kappa shape index (κ3) is 4.84. The second-order valence-electron chi connectivity index (χ2n) is 5.84. The van der Waals surface area contributed by atoms with Gasteiger partial charge in [0.15, 0.2) is 0 Å². The van der Waals surface area contributed by atoms with E-state index in [2.05, 4.69) is 26.1 Å². The predicted octanol–water partition coefficient (Wildman–Crippen LogP) is 3.10. The molecular formula is C14H29NO. The fourth-order valence-corrected chi connectivity index (χ4v) is 2.74. The second-order valence-corrected chi connectivity index (χ2v) is 5.84. The Bertz CT molecular complexity index is 183. The number of nitrogens with one attached hydrogen (secondary N) is 1. The number of rotatable bonds is 6. The fraction of sp³-hybridized carbons (Fsp3) is 1.00. The van der Waals surface area contributed by atoms with Gasteiger partial charge in [0.05, 0.1) is 5.60 Å². The van der Waals surface area contributed by atoms with Gasteiger partial charge < -0.3 is 10.4 Å². The molecule has 2 N–H and O–H groups in total. The van der Waals surface area contributed by atoms with Crippen molar-refractivity contribution >= 4 is 0 Å². The molecule has 2 heteroatoms. The summed E-state index contributed by atoms with van der Waals surface area (Å²) in [7, 11) is 0. The van der Waals surface area contributed by atoms with Crippen molar-refractivity contribution in [3.05, 3.63) is 0 Å². The molecule has 0 aromatic carbocycles. The molecule has 0 aromatic rings. The molecule has 0 radical (unpaired) electrons. The second kappa shape index (κ2) is 6.61. The van der Waals surface area contributed by atoms with Crippen molar-refractivity contribution in [1.29, 1.82) is 0 Å². The Morgan fingerprint density at radius 2 is 1.94 bits per heavy atom. The lowest BCUT2D eigenvalue weighted by Crippen LogP contribution is -2.41. The van der Waals surface area contributed by atoms with E-state index < -0.39 is 0 Å². The predicted molar refractivity (Wildman–Crippen MR) is 69.6 cm³/mol. The molecule has 0 heterocycles. The third-order valence-electron chi connectivity index (χ3n) is 3.83. The van der Waals surface area contributed by atoms with Crippen molar-refractivity contribution in [2.75, 3.05) is 6.54 Å². The van der Waals surface area contributed by atoms with Gasteiger partial charge in [-0.25, -0.2) is 0 Å². The van der Waals surface area contributed by atoms with Crippen LogP contribution in [0.3, 0.4) is 0 Å². The maximum absolute atomic E-state index is 10.4. The molecule has 0 spiro atoms. The first kappa shape index (κ1) is 14.0. The molecule has 0 atom stereocenters. The van der Waals surface area contributed by atoms with E-state index in [9.17, 15) is 5.11 Å². The van der Waals surface area contributed by atoms with Crippen LogP contribution in [0.2, 0.25) is 0 Å². The van der Waals surface area contributed by atoms with E-state index in [0.717, 1.165) is 44.6 Å². The van der Waals surface area contributed by atoms with Gasteiger partial charge >= 0.3 is 0 Å². The molecule has 0 saturated heterocycles. The summed E-state index contributed by atoms with van der Waals surface area (Å²) < 4.78 is 0. The summed E-state index contributed by atoms with van der Waals surface area (Å²) in [6, 6.07) is 0.648. The van der Waals surface area contributed by atoms with E-state index in [1.165, 1.54) is 12.8 Å². The van der Waals surface area contributed by atoms with Gasteiger partial charge in [-0.3, -0.25) is 0 Å². The van der Waals surface area contributed by atoms with Crippen molar-refractivity contribution < 1.29 is 5.11 Å². The molecule has 96 valence electrons. The lowest BCUT2D eigenvalue weighted by Gasteiger charge is -2.36. The van der Waals surface area contributed by atoms with E-state index >= 15 is 0 Å². The third-order valence-corrected chi connectivity index (χ3v) is 3.83. The van der Waals surface area contributed by atoms with E-state index in [1.54, 1.807) is 0 Å². The van der Waals surface area contributed by atoms with Crippen LogP contribution < -0.4 is 5.32 Å². The minimum atomic E-state index is -0.346. The van der Waals surface area contributed by atoms with Gasteiger partial charge in [-0.05, 0) is 44.6 Å². The average Bonchev–Trinajstić information content (AvgIpc) is 2.21. The van der Waals surface area contributed by atoms with Gasteiger partial charge in [0.1, 0.15) is 0 Å². The summed E-state index contributed by atoms with van der Waals surface area (Å²) in [4.78, 5) is 0. The van der Waals surface area contributed by atoms with Crippen molar-refractivity contribution in [2.45, 2.75) is 77.4 Å². The summed E-state index contributed by atoms with van der Waals surface area (Å²) in [6.45, 7) is 7.72. The quantitative estimate of drug-likeness (QED) is 0.731. The number of hydrogen-bond acceptors (Lipinski definition) is 2. The van der Waals surface area contributed by atoms with Crippen molar-refractivity contribution in [2.24, 2.45) is 5.92 Å². The lowest BCUT2D eigenvalue weighted by molar-refractivity contribution is -0.0133. The highest BCUT2D eigenvalue weighted by atomic mass is 16.3. The largest absolute Gasteiger partial charge is 0.390 e. The molecule has 0 bridgehead atoms. The Labute approximate surface area is 101 Å². The number of hydrogen-bond donors (Lipinski definition) is 2. The zero-order valence-corrected chi connectivity index (χ0v) is 11.3. The average molecular weight is 227 g/mol. The maximum Gasteiger partial charge on any atom is 0.0649 e. The minimum Gasteiger partial charge on any atom is -0.390 e. The van der Waals surface area contributed by atoms with Gasteiger partial charge in [0.25, 0.3) is 0 Å². The highest BCUT2D eigenvalue weighted by Crippen LogP contribution is 2.32. The molecule has 0 aromatic heterocycles. The summed E-state index contributed by atoms with van der Waals surface area (Å²) in [6.07, 6.45) is 7.70. The van der Waals surface area contributed by atoms with Crippen LogP contribution >= 0.6 is 0 Å². The molecule has 1 aliphatic carbocycles. The van der Waals surface area contributed by atoms with E-state index in [1.807, 2.05) is 0 Å². The summed E-state index contributed by atoms with van der Waals surface area (Å²) >= 11 is 0. The standard InChI is InChI=1S/C14H29NO/c1-4-15-13-7-10-14(16,11-8-13)9-5-6-12(2)3/h12-13,15-16H,4-11H2,1-3H3. The van der Waals surface area contributed by atoms with Gasteiger partial charge in [-0.1, -0.05) is 33.6 Å². The molecule has 16 heavy (non-hydrogen) atoms. The van der Waals surface area contributed by atoms with Crippen molar-refractivity contribution in [1.82, 2.24) is 5.32 Å². The molecule has 0 aliphatic heterocycles. The molecular weight excluding hydrogens is 198 g/mol. The summed E-state index contributed by atoms with van der Waals surface area (Å²) in [5, 5.41) is 13.9. The minimum absolute atomic E-state index is 0.346. The van der Waals surface area contributed by atoms with Crippen LogP contribution in [0.5, 0.6) is 0 Å². The normalized spacial score (nSPS) is 30.9. The lowest BCUT2D eigenvalue weighted by atomic mass is 9.79. The Morgan fingerprint density at radius 3 is 2.44 bits per heavy atom. The molecule has 1 fully saturated rings. The summed E-state index contributed by atoms with van der Waals surface area (Å²) in [5.74, 6) is 0.765. The Balaban J connectivity index is 2.21. The summed E-state index contributed by atoms with van der Waals surface area (Å²) in [5.41, 5.74) is -0.346. The van der Waals surface area contributed by atoms with Crippen LogP contribution in [0.15, 0.2) is 0 Å². The first-order valence-corrected chi connectivity index (χ1v) is 7.01. The van der Waals surface area contributed by atoms with Crippen molar-refractivity contribution in [3.63, 3.8) is 0 Å². The smallest absolute Gasteiger partial charge is 0.0649 e. The topological polar surface area (TPSA) is 32.3 Å². The van der Waals surface area contributed by atoms with E-state index in [-0.39, 0.29) is 5.60 Å². The first-order chi connectivity index (χ1) is 7.56. The molecule has 0 amide bonds. The highest BCUT2D eigenvalue weighted by Gasteiger charge is 2.32. The Kier molecular flexibility index (Phi) is 5.77. The molecule has 1 aliphatic rings. The van der Waals surface area contributed by atoms with E-state index in [0.29, 0.717) is 6.04 Å². The van der Waals surface area contributed by atoms with Gasteiger partial charge in [0.2, 0.25) is 0 Å². The molecule has 1 rings (SSSR count). The monoisotopic (exact) mass is 227 g/mol. The van der Waals surface area contributed by atoms with Crippen LogP contribution in [-0.2, 0) is 0 Å². The molecule has 0 unspecified atom stereocenters. The molecule has 2 nitrogen and oxygen atoms in total. The zero-order valence-electron chi connectivity index (χ0n) is 11.3. The highest BCUT2D eigenvalue weighted by molar-refractivity contribution is 4.87. The molecule has 1 saturated carbocycles. The van der Waals surface area contributed by atoms with Crippen LogP contribution in [0.1, 0.15) is 65.7 Å². The van der Waals surface area contributed by atoms with E-state index in [4.69, 9.17) is 0 Å². The van der Waals surface area contributed by atoms with Gasteiger partial charge in [-0.2, -0.15) is 0 Å². The van der Waals surface area contributed by atoms with Crippen LogP contribution in [0, 0.1) is 5.92 Å². The Morgan fingerprint density at radius 1 is 1.31 bits per heavy atom. The fourth-order valence-electron chi connectivity index (χ4n) is 2.74.